The molecule has 100 valence electrons. The lowest BCUT2D eigenvalue weighted by Gasteiger charge is -2.31. The van der Waals surface area contributed by atoms with E-state index in [1.54, 1.807) is 19.1 Å². The molecule has 0 aromatic heterocycles. The van der Waals surface area contributed by atoms with Crippen LogP contribution >= 0.6 is 0 Å². The molecule has 0 unspecified atom stereocenters. The third-order valence-corrected chi connectivity index (χ3v) is 3.09. The van der Waals surface area contributed by atoms with E-state index in [4.69, 9.17) is 0 Å². The Bertz CT molecular complexity index is 422. The number of rotatable bonds is 6. The van der Waals surface area contributed by atoms with E-state index in [2.05, 4.69) is 5.32 Å². The molecule has 0 aliphatic carbocycles. The number of nitrogens with zero attached hydrogens (tertiary/aromatic N) is 1. The van der Waals surface area contributed by atoms with Crippen LogP contribution in [0.3, 0.4) is 0 Å². The topological polar surface area (TPSA) is 95.6 Å². The lowest BCUT2D eigenvalue weighted by molar-refractivity contribution is -0.385. The van der Waals surface area contributed by atoms with E-state index in [1.165, 1.54) is 6.07 Å². The van der Waals surface area contributed by atoms with Gasteiger partial charge in [0.15, 0.2) is 0 Å². The number of nitro benzene ring substituents is 1. The molecule has 1 rings (SSSR count). The van der Waals surface area contributed by atoms with Crippen molar-refractivity contribution < 1.29 is 15.1 Å². The van der Waals surface area contributed by atoms with Crippen molar-refractivity contribution in [1.29, 1.82) is 0 Å². The molecule has 0 aliphatic rings. The molecule has 0 radical (unpaired) electrons. The second kappa shape index (κ2) is 5.79. The minimum absolute atomic E-state index is 0.0515. The summed E-state index contributed by atoms with van der Waals surface area (Å²) in [6.07, 6.45) is 0.538. The number of aliphatic hydroxyl groups is 2. The molecule has 0 aliphatic heterocycles. The van der Waals surface area contributed by atoms with Gasteiger partial charge in [0.25, 0.3) is 5.69 Å². The smallest absolute Gasteiger partial charge is 0.272 e. The molecule has 0 atom stereocenters. The van der Waals surface area contributed by atoms with Gasteiger partial charge in [-0.05, 0) is 25.5 Å². The van der Waals surface area contributed by atoms with Crippen molar-refractivity contribution in [3.63, 3.8) is 0 Å². The highest BCUT2D eigenvalue weighted by atomic mass is 16.6. The first-order chi connectivity index (χ1) is 8.48. The van der Waals surface area contributed by atoms with Crippen LogP contribution in [0.1, 0.15) is 18.9 Å². The van der Waals surface area contributed by atoms with Gasteiger partial charge in [-0.2, -0.15) is 0 Å². The van der Waals surface area contributed by atoms with Crippen molar-refractivity contribution in [3.05, 3.63) is 33.9 Å². The van der Waals surface area contributed by atoms with Gasteiger partial charge in [0.05, 0.1) is 23.7 Å². The van der Waals surface area contributed by atoms with Gasteiger partial charge in [-0.1, -0.05) is 6.92 Å². The number of hydrogen-bond acceptors (Lipinski definition) is 5. The Balaban J connectivity index is 2.98. The monoisotopic (exact) mass is 254 g/mol. The quantitative estimate of drug-likeness (QED) is 0.527. The maximum atomic E-state index is 10.7. The van der Waals surface area contributed by atoms with Crippen LogP contribution in [-0.2, 0) is 0 Å². The van der Waals surface area contributed by atoms with Gasteiger partial charge >= 0.3 is 0 Å². The molecular weight excluding hydrogens is 236 g/mol. The predicted octanol–water partition coefficient (Wildman–Crippen LogP) is 1.45. The van der Waals surface area contributed by atoms with E-state index in [1.807, 2.05) is 6.92 Å². The summed E-state index contributed by atoms with van der Waals surface area (Å²) >= 11 is 0. The summed E-state index contributed by atoms with van der Waals surface area (Å²) in [5.41, 5.74) is 0.423. The van der Waals surface area contributed by atoms with Gasteiger partial charge in [-0.3, -0.25) is 10.1 Å². The van der Waals surface area contributed by atoms with Gasteiger partial charge in [0.2, 0.25) is 0 Å². The van der Waals surface area contributed by atoms with Crippen molar-refractivity contribution in [2.75, 3.05) is 18.5 Å². The van der Waals surface area contributed by atoms with Gasteiger partial charge < -0.3 is 15.5 Å². The molecule has 0 amide bonds. The molecule has 0 heterocycles. The van der Waals surface area contributed by atoms with Crippen molar-refractivity contribution in [1.82, 2.24) is 0 Å². The van der Waals surface area contributed by atoms with Crippen LogP contribution in [0.4, 0.5) is 11.4 Å². The van der Waals surface area contributed by atoms with Crippen LogP contribution in [0.15, 0.2) is 18.2 Å². The molecular formula is C12H18N2O4. The van der Waals surface area contributed by atoms with Crippen LogP contribution in [0.2, 0.25) is 0 Å². The Morgan fingerprint density at radius 1 is 1.39 bits per heavy atom. The Hall–Kier alpha value is -1.66. The second-order valence-electron chi connectivity index (χ2n) is 4.33. The lowest BCUT2D eigenvalue weighted by Crippen LogP contribution is -2.45. The normalized spacial score (nSPS) is 11.3. The number of hydrogen-bond donors (Lipinski definition) is 3. The highest BCUT2D eigenvalue weighted by Crippen LogP contribution is 2.24. The Morgan fingerprint density at radius 3 is 2.39 bits per heavy atom. The van der Waals surface area contributed by atoms with Crippen LogP contribution in [-0.4, -0.2) is 33.9 Å². The number of aryl methyl sites for hydroxylation is 1. The summed E-state index contributed by atoms with van der Waals surface area (Å²) in [5.74, 6) is 0. The minimum atomic E-state index is -0.803. The van der Waals surface area contributed by atoms with Crippen molar-refractivity contribution >= 4 is 11.4 Å². The standard InChI is InChI=1S/C12H18N2O4/c1-3-12(7-15,8-16)13-10-4-5-11(14(17)18)9(2)6-10/h4-6,13,15-16H,3,7-8H2,1-2H3. The Morgan fingerprint density at radius 2 is 2.00 bits per heavy atom. The molecule has 1 aromatic carbocycles. The summed E-state index contributed by atoms with van der Waals surface area (Å²) < 4.78 is 0. The van der Waals surface area contributed by atoms with Crippen molar-refractivity contribution in [2.45, 2.75) is 25.8 Å². The number of nitrogens with one attached hydrogen (secondary N) is 1. The van der Waals surface area contributed by atoms with Crippen LogP contribution in [0.5, 0.6) is 0 Å². The predicted molar refractivity (Wildman–Crippen MR) is 68.6 cm³/mol. The first kappa shape index (κ1) is 14.4. The number of benzene rings is 1. The summed E-state index contributed by atoms with van der Waals surface area (Å²) in [6, 6.07) is 4.61. The number of aliphatic hydroxyl groups excluding tert-OH is 2. The number of nitro groups is 1. The van der Waals surface area contributed by atoms with Gasteiger partial charge in [0.1, 0.15) is 0 Å². The largest absolute Gasteiger partial charge is 0.394 e. The third-order valence-electron chi connectivity index (χ3n) is 3.09. The van der Waals surface area contributed by atoms with E-state index in [-0.39, 0.29) is 18.9 Å². The molecule has 1 aromatic rings. The number of anilines is 1. The molecule has 6 heteroatoms. The van der Waals surface area contributed by atoms with Crippen LogP contribution in [0, 0.1) is 17.0 Å². The Kier molecular flexibility index (Phi) is 4.63. The fraction of sp³-hybridized carbons (Fsp3) is 0.500. The average Bonchev–Trinajstić information content (AvgIpc) is 2.36. The average molecular weight is 254 g/mol. The molecule has 3 N–H and O–H groups in total. The van der Waals surface area contributed by atoms with E-state index in [9.17, 15) is 20.3 Å². The minimum Gasteiger partial charge on any atom is -0.394 e. The molecule has 6 nitrogen and oxygen atoms in total. The lowest BCUT2D eigenvalue weighted by atomic mass is 9.97. The Labute approximate surface area is 105 Å². The molecule has 0 bridgehead atoms. The van der Waals surface area contributed by atoms with E-state index in [0.717, 1.165) is 0 Å². The highest BCUT2D eigenvalue weighted by Gasteiger charge is 2.26. The summed E-state index contributed by atoms with van der Waals surface area (Å²) in [7, 11) is 0. The first-order valence-corrected chi connectivity index (χ1v) is 5.73. The van der Waals surface area contributed by atoms with E-state index >= 15 is 0 Å². The van der Waals surface area contributed by atoms with E-state index in [0.29, 0.717) is 17.7 Å². The summed E-state index contributed by atoms with van der Waals surface area (Å²) in [6.45, 7) is 3.07. The van der Waals surface area contributed by atoms with Crippen LogP contribution in [0.25, 0.3) is 0 Å². The SMILES string of the molecule is CCC(CO)(CO)Nc1ccc([N+](=O)[O-])c(C)c1. The van der Waals surface area contributed by atoms with Crippen molar-refractivity contribution in [2.24, 2.45) is 0 Å². The zero-order valence-electron chi connectivity index (χ0n) is 10.5. The van der Waals surface area contributed by atoms with Crippen molar-refractivity contribution in [3.8, 4) is 0 Å². The van der Waals surface area contributed by atoms with Gasteiger partial charge in [-0.15, -0.1) is 0 Å². The van der Waals surface area contributed by atoms with Gasteiger partial charge in [-0.25, -0.2) is 0 Å². The second-order valence-corrected chi connectivity index (χ2v) is 4.33. The maximum Gasteiger partial charge on any atom is 0.272 e. The third kappa shape index (κ3) is 2.96. The molecule has 0 saturated carbocycles. The molecule has 18 heavy (non-hydrogen) atoms. The fourth-order valence-corrected chi connectivity index (χ4v) is 1.69. The molecule has 0 fully saturated rings. The highest BCUT2D eigenvalue weighted by molar-refractivity contribution is 5.54. The van der Waals surface area contributed by atoms with Gasteiger partial charge in [0, 0.05) is 17.3 Å². The van der Waals surface area contributed by atoms with Crippen LogP contribution < -0.4 is 5.32 Å². The zero-order valence-corrected chi connectivity index (χ0v) is 10.5. The molecule has 0 spiro atoms. The zero-order chi connectivity index (χ0) is 13.8. The summed E-state index contributed by atoms with van der Waals surface area (Å²) in [5, 5.41) is 32.4. The summed E-state index contributed by atoms with van der Waals surface area (Å²) in [4.78, 5) is 10.3. The van der Waals surface area contributed by atoms with E-state index < -0.39 is 10.5 Å². The fourth-order valence-electron chi connectivity index (χ4n) is 1.69. The molecule has 0 saturated heterocycles. The first-order valence-electron chi connectivity index (χ1n) is 5.73. The maximum absolute atomic E-state index is 10.7.